The Morgan fingerprint density at radius 2 is 1.23 bits per heavy atom. The topological polar surface area (TPSA) is 4.93 Å². The molecule has 9 rings (SSSR count). The summed E-state index contributed by atoms with van der Waals surface area (Å²) in [5, 5.41) is 7.77. The highest BCUT2D eigenvalue weighted by Gasteiger charge is 2.20. The first-order valence-corrected chi connectivity index (χ1v) is 14.5. The fourth-order valence-corrected chi connectivity index (χ4v) is 7.68. The van der Waals surface area contributed by atoms with Crippen LogP contribution in [0, 0.1) is 0 Å². The van der Waals surface area contributed by atoms with E-state index in [0.29, 0.717) is 0 Å². The van der Waals surface area contributed by atoms with Gasteiger partial charge in [-0.3, -0.25) is 0 Å². The molecular weight excluding hydrogens is 502 g/mol. The molecule has 2 heteroatoms. The molecule has 1 aliphatic rings. The normalized spacial score (nSPS) is 12.4. The molecule has 0 saturated carbocycles. The number of aromatic nitrogens is 1. The number of fused-ring (bicyclic) bond motifs is 7. The smallest absolute Gasteiger partial charge is 0.0619 e. The highest BCUT2D eigenvalue weighted by atomic mass is 32.2. The van der Waals surface area contributed by atoms with E-state index in [-0.39, 0.29) is 0 Å². The standard InChI is InChI=1S/C38H23NS/c1-2-10-28(11-3-1)39-34-14-5-4-12-29(34)31-20-18-24-16-17-26(22-32(24)38(31)39)27-19-21-35-33(23-27)30-13-6-8-25-9-7-15-36(40-35)37(25)30/h1-23H. The first-order valence-electron chi connectivity index (χ1n) is 13.7. The summed E-state index contributed by atoms with van der Waals surface area (Å²) < 4.78 is 2.43. The molecule has 0 atom stereocenters. The van der Waals surface area contributed by atoms with Gasteiger partial charge in [-0.2, -0.15) is 0 Å². The molecule has 0 N–H and O–H groups in total. The van der Waals surface area contributed by atoms with Gasteiger partial charge in [0.25, 0.3) is 0 Å². The Morgan fingerprint density at radius 1 is 0.450 bits per heavy atom. The van der Waals surface area contributed by atoms with Crippen LogP contribution in [0.4, 0.5) is 0 Å². The quantitative estimate of drug-likeness (QED) is 0.217. The summed E-state index contributed by atoms with van der Waals surface area (Å²) in [7, 11) is 0. The minimum atomic E-state index is 1.18. The molecule has 186 valence electrons. The number of benzene rings is 7. The van der Waals surface area contributed by atoms with Gasteiger partial charge < -0.3 is 4.57 Å². The van der Waals surface area contributed by atoms with E-state index in [1.165, 1.54) is 81.1 Å². The zero-order valence-corrected chi connectivity index (χ0v) is 22.5. The van der Waals surface area contributed by atoms with Crippen LogP contribution >= 0.6 is 11.8 Å². The predicted molar refractivity (Wildman–Crippen MR) is 171 cm³/mol. The Labute approximate surface area is 236 Å². The second-order valence-electron chi connectivity index (χ2n) is 10.6. The number of hydrogen-bond acceptors (Lipinski definition) is 1. The number of rotatable bonds is 2. The second-order valence-corrected chi connectivity index (χ2v) is 11.6. The van der Waals surface area contributed by atoms with Crippen LogP contribution in [0.2, 0.25) is 0 Å². The van der Waals surface area contributed by atoms with Crippen molar-refractivity contribution in [2.75, 3.05) is 0 Å². The highest BCUT2D eigenvalue weighted by Crippen LogP contribution is 2.49. The number of para-hydroxylation sites is 2. The Balaban J connectivity index is 1.31. The lowest BCUT2D eigenvalue weighted by molar-refractivity contribution is 1.19. The summed E-state index contributed by atoms with van der Waals surface area (Å²) >= 11 is 1.88. The van der Waals surface area contributed by atoms with E-state index in [1.54, 1.807) is 0 Å². The molecule has 0 aliphatic carbocycles. The summed E-state index contributed by atoms with van der Waals surface area (Å²) in [6.45, 7) is 0. The average molecular weight is 526 g/mol. The molecule has 0 spiro atoms. The predicted octanol–water partition coefficient (Wildman–Crippen LogP) is 10.9. The third-order valence-electron chi connectivity index (χ3n) is 8.36. The van der Waals surface area contributed by atoms with Crippen molar-refractivity contribution < 1.29 is 0 Å². The van der Waals surface area contributed by atoms with Crippen LogP contribution in [0.15, 0.2) is 149 Å². The van der Waals surface area contributed by atoms with Crippen LogP contribution in [0.5, 0.6) is 0 Å². The summed E-state index contributed by atoms with van der Waals surface area (Å²) in [6, 6.07) is 51.3. The van der Waals surface area contributed by atoms with Gasteiger partial charge >= 0.3 is 0 Å². The lowest BCUT2D eigenvalue weighted by Crippen LogP contribution is -1.94. The molecule has 2 heterocycles. The Bertz CT molecular complexity index is 2290. The summed E-state index contributed by atoms with van der Waals surface area (Å²) in [5.41, 5.74) is 8.82. The van der Waals surface area contributed by atoms with E-state index in [2.05, 4.69) is 144 Å². The largest absolute Gasteiger partial charge is 0.309 e. The van der Waals surface area contributed by atoms with Gasteiger partial charge in [-0.1, -0.05) is 109 Å². The third kappa shape index (κ3) is 3.11. The number of nitrogens with zero attached hydrogens (tertiary/aromatic N) is 1. The molecular formula is C38H23NS. The monoisotopic (exact) mass is 525 g/mol. The zero-order chi connectivity index (χ0) is 26.2. The van der Waals surface area contributed by atoms with Gasteiger partial charge in [-0.25, -0.2) is 0 Å². The van der Waals surface area contributed by atoms with E-state index in [1.807, 2.05) is 11.8 Å². The van der Waals surface area contributed by atoms with Gasteiger partial charge in [0.05, 0.1) is 11.0 Å². The molecule has 8 aromatic rings. The molecule has 0 unspecified atom stereocenters. The zero-order valence-electron chi connectivity index (χ0n) is 21.6. The second kappa shape index (κ2) is 8.35. The first-order chi connectivity index (χ1) is 19.8. The van der Waals surface area contributed by atoms with Gasteiger partial charge in [0.2, 0.25) is 0 Å². The van der Waals surface area contributed by atoms with E-state index in [0.717, 1.165) is 0 Å². The van der Waals surface area contributed by atoms with Crippen LogP contribution in [0.1, 0.15) is 0 Å². The Hall–Kier alpha value is -4.79. The maximum Gasteiger partial charge on any atom is 0.0619 e. The first kappa shape index (κ1) is 22.1. The molecule has 7 aromatic carbocycles. The molecule has 1 nitrogen and oxygen atoms in total. The van der Waals surface area contributed by atoms with Gasteiger partial charge in [0, 0.05) is 37.0 Å². The van der Waals surface area contributed by atoms with Crippen molar-refractivity contribution in [2.45, 2.75) is 9.79 Å². The summed E-state index contributed by atoms with van der Waals surface area (Å²) in [4.78, 5) is 2.66. The molecule has 1 aliphatic heterocycles. The highest BCUT2D eigenvalue weighted by molar-refractivity contribution is 7.99. The van der Waals surface area contributed by atoms with Gasteiger partial charge in [0.15, 0.2) is 0 Å². The van der Waals surface area contributed by atoms with E-state index in [9.17, 15) is 0 Å². The lowest BCUT2D eigenvalue weighted by Gasteiger charge is -2.21. The lowest BCUT2D eigenvalue weighted by atomic mass is 9.93. The molecule has 0 fully saturated rings. The molecule has 40 heavy (non-hydrogen) atoms. The molecule has 0 amide bonds. The molecule has 0 saturated heterocycles. The van der Waals surface area contributed by atoms with Crippen molar-refractivity contribution in [2.24, 2.45) is 0 Å². The molecule has 1 aromatic heterocycles. The minimum Gasteiger partial charge on any atom is -0.309 e. The summed E-state index contributed by atoms with van der Waals surface area (Å²) in [5.74, 6) is 0. The van der Waals surface area contributed by atoms with Gasteiger partial charge in [-0.05, 0) is 75.5 Å². The minimum absolute atomic E-state index is 1.18. The fraction of sp³-hybridized carbons (Fsp3) is 0. The van der Waals surface area contributed by atoms with Crippen LogP contribution < -0.4 is 0 Å². The van der Waals surface area contributed by atoms with Crippen molar-refractivity contribution in [3.05, 3.63) is 140 Å². The SMILES string of the molecule is c1ccc(-n2c3ccccc3c3ccc4ccc(-c5ccc6c(c5)-c5cccc7cccc(c57)S6)cc4c32)cc1. The van der Waals surface area contributed by atoms with Crippen molar-refractivity contribution in [3.8, 4) is 27.9 Å². The summed E-state index contributed by atoms with van der Waals surface area (Å²) in [6.07, 6.45) is 0. The maximum absolute atomic E-state index is 2.43. The van der Waals surface area contributed by atoms with Gasteiger partial charge in [0.1, 0.15) is 0 Å². The van der Waals surface area contributed by atoms with Crippen molar-refractivity contribution in [1.82, 2.24) is 4.57 Å². The van der Waals surface area contributed by atoms with Crippen molar-refractivity contribution >= 4 is 55.1 Å². The van der Waals surface area contributed by atoms with Crippen molar-refractivity contribution in [3.63, 3.8) is 0 Å². The van der Waals surface area contributed by atoms with E-state index in [4.69, 9.17) is 0 Å². The maximum atomic E-state index is 2.43. The van der Waals surface area contributed by atoms with Crippen LogP contribution in [0.25, 0.3) is 71.3 Å². The van der Waals surface area contributed by atoms with E-state index < -0.39 is 0 Å². The molecule has 0 bridgehead atoms. The van der Waals surface area contributed by atoms with Gasteiger partial charge in [-0.15, -0.1) is 0 Å². The van der Waals surface area contributed by atoms with Crippen LogP contribution in [-0.2, 0) is 0 Å². The van der Waals surface area contributed by atoms with E-state index >= 15 is 0 Å². The third-order valence-corrected chi connectivity index (χ3v) is 9.49. The average Bonchev–Trinajstić information content (AvgIpc) is 3.36. The van der Waals surface area contributed by atoms with Crippen LogP contribution in [-0.4, -0.2) is 4.57 Å². The Kier molecular flexibility index (Phi) is 4.61. The van der Waals surface area contributed by atoms with Crippen molar-refractivity contribution in [1.29, 1.82) is 0 Å². The number of hydrogen-bond donors (Lipinski definition) is 0. The molecule has 0 radical (unpaired) electrons. The Morgan fingerprint density at radius 3 is 2.15 bits per heavy atom. The van der Waals surface area contributed by atoms with Crippen LogP contribution in [0.3, 0.4) is 0 Å². The fourth-order valence-electron chi connectivity index (χ4n) is 6.55.